The second-order valence-corrected chi connectivity index (χ2v) is 4.59. The van der Waals surface area contributed by atoms with Gasteiger partial charge in [-0.2, -0.15) is 0 Å². The fourth-order valence-corrected chi connectivity index (χ4v) is 1.65. The molecular weight excluding hydrogens is 154 g/mol. The molecule has 0 aromatic carbocycles. The average Bonchev–Trinajstić information content (AvgIpc) is 2.36. The van der Waals surface area contributed by atoms with Crippen molar-refractivity contribution in [1.82, 2.24) is 0 Å². The normalized spacial score (nSPS) is 16.0. The van der Waals surface area contributed by atoms with Crippen LogP contribution in [0, 0.1) is 0 Å². The lowest BCUT2D eigenvalue weighted by Crippen LogP contribution is -2.27. The van der Waals surface area contributed by atoms with Crippen molar-refractivity contribution in [2.24, 2.45) is 0 Å². The first-order valence-electron chi connectivity index (χ1n) is 5.30. The maximum Gasteiger partial charge on any atom is 0.190 e. The molecule has 0 aliphatic carbocycles. The van der Waals surface area contributed by atoms with Crippen LogP contribution in [0.5, 0.6) is 0 Å². The van der Waals surface area contributed by atoms with Gasteiger partial charge >= 0.3 is 0 Å². The van der Waals surface area contributed by atoms with Gasteiger partial charge in [0.2, 0.25) is 0 Å². The second kappa shape index (κ2) is 4.74. The Bertz CT molecular complexity index is 199. The molecule has 0 aromatic heterocycles. The van der Waals surface area contributed by atoms with Gasteiger partial charge < -0.3 is 0 Å². The largest absolute Gasteiger partial charge is 0.190 e. The highest BCUT2D eigenvalue weighted by atomic mass is 14.1. The number of hydrogen-bond acceptors (Lipinski definition) is 0. The van der Waals surface area contributed by atoms with E-state index >= 15 is 0 Å². The molecule has 0 N–H and O–H groups in total. The Morgan fingerprint density at radius 2 is 1.62 bits per heavy atom. The smallest absolute Gasteiger partial charge is 0.129 e. The minimum atomic E-state index is 0.346. The highest BCUT2D eigenvalue weighted by Crippen LogP contribution is 2.34. The average molecular weight is 176 g/mol. The molecule has 1 aliphatic heterocycles. The molecule has 0 saturated carbocycles. The summed E-state index contributed by atoms with van der Waals surface area (Å²) in [5.41, 5.74) is 0. The van der Waals surface area contributed by atoms with Crippen molar-refractivity contribution in [3.05, 3.63) is 23.9 Å². The van der Waals surface area contributed by atoms with Crippen LogP contribution in [0.3, 0.4) is 0 Å². The fraction of sp³-hybridized carbons (Fsp3) is 0.636. The van der Waals surface area contributed by atoms with Crippen LogP contribution in [-0.2, 0) is 0 Å². The molecule has 72 valence electrons. The van der Waals surface area contributed by atoms with Gasteiger partial charge in [0.25, 0.3) is 0 Å². The van der Waals surface area contributed by atoms with E-state index in [9.17, 15) is 0 Å². The summed E-state index contributed by atoms with van der Waals surface area (Å²) < 4.78 is 0. The Balaban J connectivity index is 0.000000671. The molecule has 0 spiro atoms. The maximum atomic E-state index is 4.12. The molecule has 1 rings (SSSR count). The molecule has 0 nitrogen and oxygen atoms in total. The zero-order chi connectivity index (χ0) is 10.6. The Kier molecular flexibility index (Phi) is 4.59. The topological polar surface area (TPSA) is 0 Å². The molecule has 0 unspecified atom stereocenters. The Labute approximate surface area is 84.7 Å². The number of hydrogen-bond donors (Lipinski definition) is 0. The van der Waals surface area contributed by atoms with Crippen LogP contribution in [0.4, 0.5) is 0 Å². The van der Waals surface area contributed by atoms with E-state index in [0.29, 0.717) is 18.7 Å². The predicted molar refractivity (Wildman–Crippen MR) is 66.7 cm³/mol. The summed E-state index contributed by atoms with van der Waals surface area (Å²) >= 11 is 0. The van der Waals surface area contributed by atoms with Crippen molar-refractivity contribution >= 4 is 13.4 Å². The standard InChI is InChI=1S/C9H16B2.C2H6/c1-8-10(5)6-7-11(8)9(2,3)4;1-2/h6-7H,1H2,2-5H3;1-2H3. The summed E-state index contributed by atoms with van der Waals surface area (Å²) in [6.07, 6.45) is 0. The zero-order valence-corrected chi connectivity index (χ0v) is 10.0. The van der Waals surface area contributed by atoms with Gasteiger partial charge in [0, 0.05) is 0 Å². The van der Waals surface area contributed by atoms with Crippen LogP contribution in [0.25, 0.3) is 0 Å². The highest BCUT2D eigenvalue weighted by molar-refractivity contribution is 6.98. The summed E-state index contributed by atoms with van der Waals surface area (Å²) in [6.45, 7) is 18.3. The van der Waals surface area contributed by atoms with Crippen molar-refractivity contribution in [3.63, 3.8) is 0 Å². The molecule has 0 saturated heterocycles. The van der Waals surface area contributed by atoms with E-state index in [2.05, 4.69) is 46.1 Å². The summed E-state index contributed by atoms with van der Waals surface area (Å²) in [5.74, 6) is 4.56. The van der Waals surface area contributed by atoms with Crippen LogP contribution in [0.1, 0.15) is 34.6 Å². The van der Waals surface area contributed by atoms with Crippen molar-refractivity contribution in [2.45, 2.75) is 46.8 Å². The van der Waals surface area contributed by atoms with E-state index in [1.165, 1.54) is 5.37 Å². The van der Waals surface area contributed by atoms with Gasteiger partial charge in [0.1, 0.15) is 0 Å². The zero-order valence-electron chi connectivity index (χ0n) is 10.0. The molecule has 13 heavy (non-hydrogen) atoms. The molecule has 1 aliphatic rings. The molecule has 0 aromatic rings. The molecule has 0 atom stereocenters. The quantitative estimate of drug-likeness (QED) is 0.493. The van der Waals surface area contributed by atoms with E-state index in [-0.39, 0.29) is 0 Å². The van der Waals surface area contributed by atoms with Gasteiger partial charge in [-0.1, -0.05) is 46.8 Å². The Morgan fingerprint density at radius 3 is 1.77 bits per heavy atom. The van der Waals surface area contributed by atoms with Crippen LogP contribution in [0.15, 0.2) is 23.9 Å². The molecule has 1 heterocycles. The lowest BCUT2D eigenvalue weighted by molar-refractivity contribution is 0.748. The molecular formula is C11H22B2. The molecule has 0 fully saturated rings. The third kappa shape index (κ3) is 3.10. The minimum absolute atomic E-state index is 0.346. The predicted octanol–water partition coefficient (Wildman–Crippen LogP) is 3.71. The van der Waals surface area contributed by atoms with E-state index < -0.39 is 0 Å². The maximum absolute atomic E-state index is 4.12. The SMILES string of the molecule is C=C1B(C)C=CB1C(C)(C)C.CC. The van der Waals surface area contributed by atoms with Crippen molar-refractivity contribution in [2.75, 3.05) is 0 Å². The van der Waals surface area contributed by atoms with Gasteiger partial charge in [0.15, 0.2) is 13.4 Å². The third-order valence-corrected chi connectivity index (χ3v) is 2.51. The van der Waals surface area contributed by atoms with Crippen molar-refractivity contribution < 1.29 is 0 Å². The molecule has 2 heteroatoms. The Morgan fingerprint density at radius 1 is 1.15 bits per heavy atom. The van der Waals surface area contributed by atoms with E-state index in [1.807, 2.05) is 13.8 Å². The first-order chi connectivity index (χ1) is 5.93. The van der Waals surface area contributed by atoms with Gasteiger partial charge in [0.05, 0.1) is 0 Å². The first kappa shape index (κ1) is 12.6. The van der Waals surface area contributed by atoms with Crippen LogP contribution in [0.2, 0.25) is 12.1 Å². The van der Waals surface area contributed by atoms with E-state index in [1.54, 1.807) is 0 Å². The molecule has 0 radical (unpaired) electrons. The van der Waals surface area contributed by atoms with Crippen LogP contribution >= 0.6 is 0 Å². The lowest BCUT2D eigenvalue weighted by atomic mass is 9.25. The number of rotatable bonds is 0. The molecule has 0 bridgehead atoms. The van der Waals surface area contributed by atoms with Crippen molar-refractivity contribution in [1.29, 1.82) is 0 Å². The van der Waals surface area contributed by atoms with Gasteiger partial charge in [-0.25, -0.2) is 0 Å². The highest BCUT2D eigenvalue weighted by Gasteiger charge is 2.34. The van der Waals surface area contributed by atoms with Crippen LogP contribution < -0.4 is 0 Å². The monoisotopic (exact) mass is 176 g/mol. The van der Waals surface area contributed by atoms with E-state index in [4.69, 9.17) is 0 Å². The second-order valence-electron chi connectivity index (χ2n) is 4.59. The minimum Gasteiger partial charge on any atom is -0.129 e. The third-order valence-electron chi connectivity index (χ3n) is 2.51. The van der Waals surface area contributed by atoms with Gasteiger partial charge in [-0.3, -0.25) is 0 Å². The molecule has 0 amide bonds. The Hall–Kier alpha value is -0.390. The lowest BCUT2D eigenvalue weighted by Gasteiger charge is -2.24. The van der Waals surface area contributed by atoms with Crippen molar-refractivity contribution in [3.8, 4) is 0 Å². The fourth-order valence-electron chi connectivity index (χ4n) is 1.65. The summed E-state index contributed by atoms with van der Waals surface area (Å²) in [5, 5.41) is 1.72. The summed E-state index contributed by atoms with van der Waals surface area (Å²) in [6, 6.07) is 0. The van der Waals surface area contributed by atoms with E-state index in [0.717, 1.165) is 0 Å². The summed E-state index contributed by atoms with van der Waals surface area (Å²) in [7, 11) is 0. The summed E-state index contributed by atoms with van der Waals surface area (Å²) in [4.78, 5) is 0. The van der Waals surface area contributed by atoms with Gasteiger partial charge in [-0.05, 0) is 0 Å². The van der Waals surface area contributed by atoms with Crippen LogP contribution in [-0.4, -0.2) is 13.4 Å². The van der Waals surface area contributed by atoms with Gasteiger partial charge in [-0.15, -0.1) is 23.9 Å². The first-order valence-corrected chi connectivity index (χ1v) is 5.30.